The van der Waals surface area contributed by atoms with Crippen LogP contribution in [0, 0.1) is 0 Å². The first kappa shape index (κ1) is 23.7. The average molecular weight is 483 g/mol. The number of hydrogen-bond acceptors (Lipinski definition) is 8. The van der Waals surface area contributed by atoms with Gasteiger partial charge in [-0.3, -0.25) is 13.9 Å². The highest BCUT2D eigenvalue weighted by atomic mass is 16.7. The number of carbonyl (C=O) groups excluding carboxylic acids is 1. The molecule has 0 aliphatic heterocycles. The molecule has 0 fully saturated rings. The van der Waals surface area contributed by atoms with Gasteiger partial charge in [0.05, 0.1) is 0 Å². The third-order valence-corrected chi connectivity index (χ3v) is 5.23. The van der Waals surface area contributed by atoms with Crippen molar-refractivity contribution in [3.63, 3.8) is 0 Å². The highest BCUT2D eigenvalue weighted by Crippen LogP contribution is 2.22. The molecular formula is C23H25N5O7. The number of hydrogen-bond donors (Lipinski definition) is 3. The Morgan fingerprint density at radius 3 is 2.23 bits per heavy atom. The molecule has 184 valence electrons. The molecule has 4 rings (SSSR count). The molecule has 0 saturated heterocycles. The molecule has 1 aromatic carbocycles. The molecule has 0 spiro atoms. The normalized spacial score (nSPS) is 11.1. The van der Waals surface area contributed by atoms with Crippen molar-refractivity contribution in [3.05, 3.63) is 57.2 Å². The summed E-state index contributed by atoms with van der Waals surface area (Å²) in [6.45, 7) is 4.13. The molecule has 0 bridgehead atoms. The topological polar surface area (TPSA) is 154 Å². The van der Waals surface area contributed by atoms with E-state index in [1.807, 2.05) is 13.8 Å². The van der Waals surface area contributed by atoms with E-state index < -0.39 is 29.9 Å². The van der Waals surface area contributed by atoms with Crippen LogP contribution >= 0.6 is 0 Å². The van der Waals surface area contributed by atoms with E-state index in [4.69, 9.17) is 9.57 Å². The zero-order valence-electron chi connectivity index (χ0n) is 19.2. The monoisotopic (exact) mass is 483 g/mol. The number of H-pyrrole nitrogens is 1. The van der Waals surface area contributed by atoms with Crippen LogP contribution in [0.15, 0.2) is 46.0 Å². The van der Waals surface area contributed by atoms with E-state index in [1.54, 1.807) is 24.3 Å². The Kier molecular flexibility index (Phi) is 6.62. The molecule has 0 radical (unpaired) electrons. The maximum atomic E-state index is 12.9. The average Bonchev–Trinajstić information content (AvgIpc) is 3.43. The lowest BCUT2D eigenvalue weighted by atomic mass is 10.2. The number of ether oxygens (including phenoxy) is 1. The summed E-state index contributed by atoms with van der Waals surface area (Å²) in [5.41, 5.74) is 0.442. The zero-order valence-corrected chi connectivity index (χ0v) is 19.2. The first-order chi connectivity index (χ1) is 16.8. The minimum atomic E-state index is -0.842. The van der Waals surface area contributed by atoms with Crippen LogP contribution in [0.5, 0.6) is 17.5 Å². The summed E-state index contributed by atoms with van der Waals surface area (Å²) in [4.78, 5) is 50.0. The Balaban J connectivity index is 1.54. The van der Waals surface area contributed by atoms with E-state index in [-0.39, 0.29) is 11.2 Å². The molecule has 0 unspecified atom stereocenters. The first-order valence-corrected chi connectivity index (χ1v) is 11.1. The Hall–Kier alpha value is -4.48. The maximum absolute atomic E-state index is 12.9. The number of aromatic nitrogens is 5. The molecule has 0 aliphatic carbocycles. The third-order valence-electron chi connectivity index (χ3n) is 5.23. The van der Waals surface area contributed by atoms with Gasteiger partial charge in [0.25, 0.3) is 5.56 Å². The largest absolute Gasteiger partial charge is 0.492 e. The molecule has 3 aromatic heterocycles. The van der Waals surface area contributed by atoms with Crippen LogP contribution in [0.2, 0.25) is 0 Å². The lowest BCUT2D eigenvalue weighted by Crippen LogP contribution is -2.40. The van der Waals surface area contributed by atoms with Crippen molar-refractivity contribution in [2.75, 3.05) is 6.61 Å². The van der Waals surface area contributed by atoms with Gasteiger partial charge in [0, 0.05) is 30.8 Å². The van der Waals surface area contributed by atoms with Crippen molar-refractivity contribution in [2.24, 2.45) is 0 Å². The predicted molar refractivity (Wildman–Crippen MR) is 125 cm³/mol. The first-order valence-electron chi connectivity index (χ1n) is 11.1. The second-order valence-electron chi connectivity index (χ2n) is 7.80. The van der Waals surface area contributed by atoms with E-state index >= 15 is 0 Å². The van der Waals surface area contributed by atoms with Crippen LogP contribution in [-0.4, -0.2) is 46.6 Å². The van der Waals surface area contributed by atoms with Gasteiger partial charge in [-0.1, -0.05) is 13.8 Å². The fraction of sp³-hybridized carbons (Fsp3) is 0.304. The summed E-state index contributed by atoms with van der Waals surface area (Å²) in [6, 6.07) is 8.93. The van der Waals surface area contributed by atoms with Crippen molar-refractivity contribution in [1.82, 2.24) is 23.8 Å². The quantitative estimate of drug-likeness (QED) is 0.325. The summed E-state index contributed by atoms with van der Waals surface area (Å²) in [5.74, 6) is -0.935. The van der Waals surface area contributed by atoms with Crippen molar-refractivity contribution < 1.29 is 24.6 Å². The molecule has 12 heteroatoms. The number of carbonyl (C=O) groups is 1. The van der Waals surface area contributed by atoms with Gasteiger partial charge in [0.1, 0.15) is 17.1 Å². The molecule has 3 heterocycles. The van der Waals surface area contributed by atoms with Crippen molar-refractivity contribution >= 4 is 17.1 Å². The zero-order chi connectivity index (χ0) is 25.1. The van der Waals surface area contributed by atoms with Crippen LogP contribution in [0.4, 0.5) is 0 Å². The number of nitrogens with one attached hydrogen (secondary N) is 1. The molecule has 0 atom stereocenters. The minimum Gasteiger partial charge on any atom is -0.492 e. The Labute approximate surface area is 198 Å². The Bertz CT molecular complexity index is 1460. The van der Waals surface area contributed by atoms with Gasteiger partial charge in [-0.25, -0.2) is 14.6 Å². The van der Waals surface area contributed by atoms with E-state index in [0.29, 0.717) is 53.4 Å². The lowest BCUT2D eigenvalue weighted by Gasteiger charge is -2.09. The maximum Gasteiger partial charge on any atom is 0.370 e. The SMILES string of the molecule is CCCn1c(=O)c2[nH]c(-c3ccc(OCC(=O)On4c(O)ccc4O)cc3)nc2n(CCC)c1=O. The van der Waals surface area contributed by atoms with Crippen LogP contribution < -0.4 is 20.8 Å². The Morgan fingerprint density at radius 1 is 0.971 bits per heavy atom. The second-order valence-corrected chi connectivity index (χ2v) is 7.80. The van der Waals surface area contributed by atoms with E-state index in [9.17, 15) is 24.6 Å². The number of aromatic hydroxyl groups is 2. The van der Waals surface area contributed by atoms with Crippen LogP contribution in [-0.2, 0) is 17.9 Å². The van der Waals surface area contributed by atoms with Gasteiger partial charge in [-0.15, -0.1) is 4.73 Å². The van der Waals surface area contributed by atoms with Crippen molar-refractivity contribution in [1.29, 1.82) is 0 Å². The van der Waals surface area contributed by atoms with Gasteiger partial charge < -0.3 is 24.8 Å². The van der Waals surface area contributed by atoms with Gasteiger partial charge >= 0.3 is 11.7 Å². The lowest BCUT2D eigenvalue weighted by molar-refractivity contribution is -0.147. The highest BCUT2D eigenvalue weighted by Gasteiger charge is 2.18. The molecule has 0 amide bonds. The van der Waals surface area contributed by atoms with E-state index in [2.05, 4.69) is 9.97 Å². The Morgan fingerprint density at radius 2 is 1.60 bits per heavy atom. The summed E-state index contributed by atoms with van der Waals surface area (Å²) in [6.07, 6.45) is 1.36. The van der Waals surface area contributed by atoms with E-state index in [1.165, 1.54) is 21.3 Å². The smallest absolute Gasteiger partial charge is 0.370 e. The van der Waals surface area contributed by atoms with Crippen molar-refractivity contribution in [3.8, 4) is 28.9 Å². The fourth-order valence-corrected chi connectivity index (χ4v) is 3.62. The number of nitrogens with zero attached hydrogens (tertiary/aromatic N) is 4. The number of aromatic amines is 1. The number of fused-ring (bicyclic) bond motifs is 1. The number of benzene rings is 1. The predicted octanol–water partition coefficient (Wildman–Crippen LogP) is 1.62. The van der Waals surface area contributed by atoms with E-state index in [0.717, 1.165) is 0 Å². The summed E-state index contributed by atoms with van der Waals surface area (Å²) >= 11 is 0. The summed E-state index contributed by atoms with van der Waals surface area (Å²) in [7, 11) is 0. The molecule has 4 aromatic rings. The van der Waals surface area contributed by atoms with Gasteiger partial charge in [-0.2, -0.15) is 0 Å². The molecule has 12 nitrogen and oxygen atoms in total. The van der Waals surface area contributed by atoms with Gasteiger partial charge in [0.2, 0.25) is 11.8 Å². The molecule has 0 saturated carbocycles. The van der Waals surface area contributed by atoms with Gasteiger partial charge in [-0.05, 0) is 37.1 Å². The number of aryl methyl sites for hydroxylation is 1. The number of rotatable bonds is 9. The summed E-state index contributed by atoms with van der Waals surface area (Å²) in [5, 5.41) is 19.0. The molecule has 35 heavy (non-hydrogen) atoms. The molecule has 3 N–H and O–H groups in total. The molecule has 0 aliphatic rings. The standard InChI is InChI=1S/C23H25N5O7/c1-3-11-26-21-19(22(32)27(12-4-2)23(26)33)24-20(25-21)14-5-7-15(8-6-14)34-13-18(31)35-28-16(29)9-10-17(28)30/h5-10,29-30H,3-4,11-13H2,1-2H3,(H,24,25). The van der Waals surface area contributed by atoms with Crippen molar-refractivity contribution in [2.45, 2.75) is 39.8 Å². The highest BCUT2D eigenvalue weighted by molar-refractivity contribution is 5.75. The minimum absolute atomic E-state index is 0.265. The fourth-order valence-electron chi connectivity index (χ4n) is 3.62. The third kappa shape index (κ3) is 4.63. The van der Waals surface area contributed by atoms with Crippen LogP contribution in [0.1, 0.15) is 26.7 Å². The molecular weight excluding hydrogens is 458 g/mol. The van der Waals surface area contributed by atoms with Crippen LogP contribution in [0.3, 0.4) is 0 Å². The van der Waals surface area contributed by atoms with Crippen LogP contribution in [0.25, 0.3) is 22.6 Å². The van der Waals surface area contributed by atoms with Gasteiger partial charge in [0.15, 0.2) is 12.3 Å². The second kappa shape index (κ2) is 9.79. The summed E-state index contributed by atoms with van der Waals surface area (Å²) < 4.78 is 8.70. The number of imidazole rings is 1.